The van der Waals surface area contributed by atoms with E-state index in [9.17, 15) is 0 Å². The SMILES string of the molecule is C=C(O)c1c(Cl)csc1I. The van der Waals surface area contributed by atoms with E-state index in [-0.39, 0.29) is 5.76 Å². The molecule has 0 saturated carbocycles. The van der Waals surface area contributed by atoms with E-state index in [1.165, 1.54) is 11.3 Å². The van der Waals surface area contributed by atoms with Gasteiger partial charge in [-0.25, -0.2) is 0 Å². The second-order valence-corrected chi connectivity index (χ2v) is 4.78. The maximum Gasteiger partial charge on any atom is 0.119 e. The van der Waals surface area contributed by atoms with Crippen molar-refractivity contribution in [2.24, 2.45) is 0 Å². The first-order valence-electron chi connectivity index (χ1n) is 2.43. The Bertz CT molecular complexity index is 249. The molecule has 10 heavy (non-hydrogen) atoms. The van der Waals surface area contributed by atoms with Gasteiger partial charge in [-0.2, -0.15) is 0 Å². The highest BCUT2D eigenvalue weighted by atomic mass is 127. The normalized spacial score (nSPS) is 9.80. The van der Waals surface area contributed by atoms with Crippen LogP contribution < -0.4 is 0 Å². The van der Waals surface area contributed by atoms with Gasteiger partial charge in [0.05, 0.1) is 13.5 Å². The molecule has 0 radical (unpaired) electrons. The Balaban J connectivity index is 3.23. The molecule has 0 aromatic carbocycles. The highest BCUT2D eigenvalue weighted by Crippen LogP contribution is 2.31. The summed E-state index contributed by atoms with van der Waals surface area (Å²) in [7, 11) is 0. The van der Waals surface area contributed by atoms with E-state index in [1.54, 1.807) is 5.38 Å². The number of halogens is 2. The zero-order valence-corrected chi connectivity index (χ0v) is 8.63. The fourth-order valence-electron chi connectivity index (χ4n) is 0.566. The molecule has 1 heterocycles. The Kier molecular flexibility index (Phi) is 2.60. The Morgan fingerprint density at radius 1 is 1.80 bits per heavy atom. The molecule has 0 unspecified atom stereocenters. The zero-order chi connectivity index (χ0) is 7.72. The standard InChI is InChI=1S/C6H4ClIOS/c1-3(9)5-4(7)2-10-6(5)8/h2,9H,1H2. The van der Waals surface area contributed by atoms with Gasteiger partial charge in [0.15, 0.2) is 0 Å². The van der Waals surface area contributed by atoms with Crippen LogP contribution in [0.2, 0.25) is 5.02 Å². The highest BCUT2D eigenvalue weighted by molar-refractivity contribution is 14.1. The van der Waals surface area contributed by atoms with Gasteiger partial charge in [-0.15, -0.1) is 11.3 Å². The molecule has 0 atom stereocenters. The minimum atomic E-state index is 0.0376. The van der Waals surface area contributed by atoms with Crippen LogP contribution in [0.1, 0.15) is 5.56 Å². The number of hydrogen-bond donors (Lipinski definition) is 1. The summed E-state index contributed by atoms with van der Waals surface area (Å²) >= 11 is 9.33. The Labute approximate surface area is 81.5 Å². The van der Waals surface area contributed by atoms with Crippen LogP contribution in [-0.4, -0.2) is 5.11 Å². The molecule has 0 bridgehead atoms. The molecule has 1 nitrogen and oxygen atoms in total. The molecular formula is C6H4ClIOS. The average molecular weight is 287 g/mol. The van der Waals surface area contributed by atoms with Crippen LogP contribution >= 0.6 is 45.5 Å². The van der Waals surface area contributed by atoms with Gasteiger partial charge in [-0.3, -0.25) is 0 Å². The van der Waals surface area contributed by atoms with Gasteiger partial charge in [0, 0.05) is 5.38 Å². The minimum Gasteiger partial charge on any atom is -0.508 e. The van der Waals surface area contributed by atoms with Crippen LogP contribution in [0.4, 0.5) is 0 Å². The molecule has 0 spiro atoms. The summed E-state index contributed by atoms with van der Waals surface area (Å²) in [6.45, 7) is 3.39. The van der Waals surface area contributed by atoms with Crippen molar-refractivity contribution in [1.29, 1.82) is 0 Å². The molecule has 1 N–H and O–H groups in total. The van der Waals surface area contributed by atoms with Crippen LogP contribution in [0.25, 0.3) is 5.76 Å². The molecule has 1 aromatic heterocycles. The lowest BCUT2D eigenvalue weighted by Crippen LogP contribution is -1.79. The van der Waals surface area contributed by atoms with Crippen LogP contribution in [-0.2, 0) is 0 Å². The Hall–Kier alpha value is 0.260. The van der Waals surface area contributed by atoms with Crippen molar-refractivity contribution in [2.45, 2.75) is 0 Å². The minimum absolute atomic E-state index is 0.0376. The predicted octanol–water partition coefficient (Wildman–Crippen LogP) is 3.53. The van der Waals surface area contributed by atoms with Crippen molar-refractivity contribution >= 4 is 51.3 Å². The first-order chi connectivity index (χ1) is 4.63. The van der Waals surface area contributed by atoms with E-state index in [2.05, 4.69) is 29.2 Å². The average Bonchev–Trinajstić information content (AvgIpc) is 2.11. The van der Waals surface area contributed by atoms with Gasteiger partial charge in [0.2, 0.25) is 0 Å². The van der Waals surface area contributed by atoms with Crippen molar-refractivity contribution in [1.82, 2.24) is 0 Å². The lowest BCUT2D eigenvalue weighted by molar-refractivity contribution is 0.514. The summed E-state index contributed by atoms with van der Waals surface area (Å²) in [4.78, 5) is 0. The fourth-order valence-corrected chi connectivity index (χ4v) is 2.77. The first-order valence-corrected chi connectivity index (χ1v) is 4.77. The summed E-state index contributed by atoms with van der Waals surface area (Å²) in [6.07, 6.45) is 0. The molecular weight excluding hydrogens is 282 g/mol. The van der Waals surface area contributed by atoms with E-state index in [4.69, 9.17) is 16.7 Å². The molecule has 0 aliphatic rings. The molecule has 0 aliphatic carbocycles. The number of aliphatic hydroxyl groups excluding tert-OH is 1. The highest BCUT2D eigenvalue weighted by Gasteiger charge is 2.09. The van der Waals surface area contributed by atoms with Crippen molar-refractivity contribution in [3.63, 3.8) is 0 Å². The zero-order valence-electron chi connectivity index (χ0n) is 4.90. The molecule has 1 rings (SSSR count). The topological polar surface area (TPSA) is 20.2 Å². The quantitative estimate of drug-likeness (QED) is 0.618. The fraction of sp³-hybridized carbons (Fsp3) is 0. The number of aliphatic hydroxyl groups is 1. The van der Waals surface area contributed by atoms with Crippen LogP contribution in [0.5, 0.6) is 0 Å². The molecule has 0 aliphatic heterocycles. The van der Waals surface area contributed by atoms with E-state index in [0.717, 1.165) is 2.88 Å². The molecule has 0 fully saturated rings. The summed E-state index contributed by atoms with van der Waals surface area (Å²) in [5.74, 6) is 0.0376. The maximum absolute atomic E-state index is 9.00. The number of rotatable bonds is 1. The van der Waals surface area contributed by atoms with Gasteiger partial charge in [0.25, 0.3) is 0 Å². The predicted molar refractivity (Wildman–Crippen MR) is 53.7 cm³/mol. The summed E-state index contributed by atoms with van der Waals surface area (Å²) in [5, 5.41) is 11.3. The maximum atomic E-state index is 9.00. The molecule has 0 amide bonds. The van der Waals surface area contributed by atoms with Crippen molar-refractivity contribution in [2.75, 3.05) is 0 Å². The molecule has 4 heteroatoms. The monoisotopic (exact) mass is 286 g/mol. The Morgan fingerprint density at radius 2 is 2.40 bits per heavy atom. The summed E-state index contributed by atoms with van der Waals surface area (Å²) in [5.41, 5.74) is 0.660. The van der Waals surface area contributed by atoms with Gasteiger partial charge >= 0.3 is 0 Å². The van der Waals surface area contributed by atoms with Crippen LogP contribution in [0.15, 0.2) is 12.0 Å². The smallest absolute Gasteiger partial charge is 0.119 e. The third-order valence-corrected chi connectivity index (χ3v) is 3.48. The van der Waals surface area contributed by atoms with Crippen LogP contribution in [0.3, 0.4) is 0 Å². The number of thiophene rings is 1. The summed E-state index contributed by atoms with van der Waals surface area (Å²) in [6, 6.07) is 0. The third kappa shape index (κ3) is 1.46. The molecule has 54 valence electrons. The summed E-state index contributed by atoms with van der Waals surface area (Å²) < 4.78 is 0.968. The van der Waals surface area contributed by atoms with E-state index in [1.807, 2.05) is 0 Å². The largest absolute Gasteiger partial charge is 0.508 e. The molecule has 1 aromatic rings. The number of hydrogen-bond acceptors (Lipinski definition) is 2. The molecule has 0 saturated heterocycles. The van der Waals surface area contributed by atoms with Gasteiger partial charge in [0.1, 0.15) is 5.76 Å². The van der Waals surface area contributed by atoms with Crippen molar-refractivity contribution in [3.8, 4) is 0 Å². The van der Waals surface area contributed by atoms with Gasteiger partial charge in [-0.1, -0.05) is 18.2 Å². The second kappa shape index (κ2) is 3.11. The lowest BCUT2D eigenvalue weighted by atomic mass is 10.3. The van der Waals surface area contributed by atoms with E-state index >= 15 is 0 Å². The van der Waals surface area contributed by atoms with Crippen molar-refractivity contribution in [3.05, 3.63) is 25.4 Å². The Morgan fingerprint density at radius 3 is 2.60 bits per heavy atom. The first kappa shape index (κ1) is 8.36. The second-order valence-electron chi connectivity index (χ2n) is 1.68. The van der Waals surface area contributed by atoms with Gasteiger partial charge < -0.3 is 5.11 Å². The lowest BCUT2D eigenvalue weighted by Gasteiger charge is -1.94. The van der Waals surface area contributed by atoms with E-state index in [0.29, 0.717) is 10.6 Å². The van der Waals surface area contributed by atoms with E-state index < -0.39 is 0 Å². The van der Waals surface area contributed by atoms with Crippen molar-refractivity contribution < 1.29 is 5.11 Å². The van der Waals surface area contributed by atoms with Gasteiger partial charge in [-0.05, 0) is 22.6 Å². The van der Waals surface area contributed by atoms with Crippen LogP contribution in [0, 0.1) is 2.88 Å². The third-order valence-electron chi connectivity index (χ3n) is 0.990.